The predicted molar refractivity (Wildman–Crippen MR) is 254 cm³/mol. The summed E-state index contributed by atoms with van der Waals surface area (Å²) < 4.78 is 23.7. The minimum atomic E-state index is -4.31. The van der Waals surface area contributed by atoms with Crippen LogP contribution >= 0.6 is 7.82 Å². The number of carbonyl (C=O) groups excluding carboxylic acids is 1. The van der Waals surface area contributed by atoms with Crippen LogP contribution in [0.1, 0.15) is 251 Å². The van der Waals surface area contributed by atoms with Gasteiger partial charge in [-0.3, -0.25) is 13.8 Å². The van der Waals surface area contributed by atoms with E-state index in [1.807, 2.05) is 21.1 Å². The molecule has 1 unspecified atom stereocenters. The molecule has 0 bridgehead atoms. The van der Waals surface area contributed by atoms with E-state index in [4.69, 9.17) is 9.05 Å². The fourth-order valence-electron chi connectivity index (χ4n) is 7.69. The highest BCUT2D eigenvalue weighted by atomic mass is 31.2. The lowest BCUT2D eigenvalue weighted by molar-refractivity contribution is -0.870. The van der Waals surface area contributed by atoms with Gasteiger partial charge in [0, 0.05) is 6.42 Å². The Balaban J connectivity index is 4.23. The zero-order chi connectivity index (χ0) is 43.6. The number of carbonyl (C=O) groups is 1. The van der Waals surface area contributed by atoms with Crippen molar-refractivity contribution in [3.8, 4) is 0 Å². The van der Waals surface area contributed by atoms with Crippen LogP contribution in [0.5, 0.6) is 0 Å². The van der Waals surface area contributed by atoms with Crippen LogP contribution in [-0.2, 0) is 18.4 Å². The van der Waals surface area contributed by atoms with E-state index in [9.17, 15) is 19.4 Å². The van der Waals surface area contributed by atoms with E-state index < -0.39 is 20.0 Å². The molecule has 0 heterocycles. The first-order valence-electron chi connectivity index (χ1n) is 25.6. The average molecular weight is 858 g/mol. The molecule has 8 nitrogen and oxygen atoms in total. The Labute approximate surface area is 367 Å². The van der Waals surface area contributed by atoms with Crippen LogP contribution in [-0.4, -0.2) is 73.4 Å². The number of amides is 1. The first-order valence-corrected chi connectivity index (χ1v) is 27.0. The Hall–Kier alpha value is -0.760. The quantitative estimate of drug-likeness (QED) is 0.0244. The summed E-state index contributed by atoms with van der Waals surface area (Å²) in [5, 5.41) is 14.0. The van der Waals surface area contributed by atoms with Crippen LogP contribution in [0.25, 0.3) is 0 Å². The number of likely N-dealkylation sites (N-methyl/N-ethyl adjacent to an activating group) is 1. The van der Waals surface area contributed by atoms with E-state index in [0.717, 1.165) is 38.5 Å². The molecule has 59 heavy (non-hydrogen) atoms. The highest BCUT2D eigenvalue weighted by molar-refractivity contribution is 7.47. The molecule has 0 fully saturated rings. The molecule has 9 heteroatoms. The molecule has 0 saturated heterocycles. The third-order valence-corrected chi connectivity index (χ3v) is 12.7. The molecule has 1 amide bonds. The number of aliphatic hydroxyl groups is 1. The topological polar surface area (TPSA) is 105 Å². The van der Waals surface area contributed by atoms with Crippen molar-refractivity contribution < 1.29 is 32.9 Å². The van der Waals surface area contributed by atoms with E-state index >= 15 is 0 Å². The zero-order valence-electron chi connectivity index (χ0n) is 40.0. The largest absolute Gasteiger partial charge is 0.472 e. The summed E-state index contributed by atoms with van der Waals surface area (Å²) in [5.41, 5.74) is 0. The van der Waals surface area contributed by atoms with Gasteiger partial charge >= 0.3 is 7.82 Å². The van der Waals surface area contributed by atoms with Gasteiger partial charge in [-0.2, -0.15) is 0 Å². The number of aliphatic hydroxyl groups excluding tert-OH is 1. The summed E-state index contributed by atoms with van der Waals surface area (Å²) in [6.07, 6.45) is 49.5. The molecule has 0 saturated carbocycles. The Morgan fingerprint density at radius 2 is 0.915 bits per heavy atom. The van der Waals surface area contributed by atoms with Gasteiger partial charge in [0.25, 0.3) is 0 Å². The highest BCUT2D eigenvalue weighted by Crippen LogP contribution is 2.43. The van der Waals surface area contributed by atoms with Crippen molar-refractivity contribution >= 4 is 13.7 Å². The third kappa shape index (κ3) is 45.1. The SMILES string of the molecule is CCCCCCCC/C=C/CCCCCCCCCCCCCC(=O)N[C@@H](COP(=O)(O)OCC[N+](C)(C)C)[C@H](O)CCCCCCCCCCCCCCCCCC. The Bertz CT molecular complexity index is 974. The molecule has 0 aromatic heterocycles. The van der Waals surface area contributed by atoms with Crippen molar-refractivity contribution in [1.29, 1.82) is 0 Å². The average Bonchev–Trinajstić information content (AvgIpc) is 3.19. The second kappa shape index (κ2) is 42.5. The van der Waals surface area contributed by atoms with Crippen molar-refractivity contribution in [1.82, 2.24) is 5.32 Å². The monoisotopic (exact) mass is 858 g/mol. The van der Waals surface area contributed by atoms with E-state index in [0.29, 0.717) is 23.9 Å². The van der Waals surface area contributed by atoms with Gasteiger partial charge in [0.2, 0.25) is 5.91 Å². The minimum Gasteiger partial charge on any atom is -0.391 e. The van der Waals surface area contributed by atoms with Crippen molar-refractivity contribution in [3.05, 3.63) is 12.2 Å². The lowest BCUT2D eigenvalue weighted by Crippen LogP contribution is -2.46. The second-order valence-corrected chi connectivity index (χ2v) is 20.4. The van der Waals surface area contributed by atoms with Gasteiger partial charge < -0.3 is 19.8 Å². The number of rotatable bonds is 47. The van der Waals surface area contributed by atoms with E-state index in [-0.39, 0.29) is 19.1 Å². The van der Waals surface area contributed by atoms with Gasteiger partial charge in [0.15, 0.2) is 0 Å². The fourth-order valence-corrected chi connectivity index (χ4v) is 8.43. The normalized spacial score (nSPS) is 14.2. The molecule has 0 aliphatic heterocycles. The van der Waals surface area contributed by atoms with Crippen LogP contribution in [0.3, 0.4) is 0 Å². The van der Waals surface area contributed by atoms with E-state index in [1.54, 1.807) is 0 Å². The molecule has 0 aromatic carbocycles. The number of hydrogen-bond donors (Lipinski definition) is 3. The standard InChI is InChI=1S/C50H101N2O6P/c1-6-8-10-12-14-16-18-20-22-24-25-26-27-28-30-32-34-36-38-40-42-44-50(54)51-48(47-58-59(55,56)57-46-45-52(3,4)5)49(53)43-41-39-37-35-33-31-29-23-21-19-17-15-13-11-9-7-2/h20,22,48-49,53H,6-19,21,23-47H2,1-5H3,(H-,51,54,55,56)/p+1/b22-20+/t48-,49+/m0/s1. The number of nitrogens with one attached hydrogen (secondary N) is 1. The van der Waals surface area contributed by atoms with Crippen molar-refractivity contribution in [2.45, 2.75) is 264 Å². The fraction of sp³-hybridized carbons (Fsp3) is 0.940. The summed E-state index contributed by atoms with van der Waals surface area (Å²) >= 11 is 0. The van der Waals surface area contributed by atoms with Crippen molar-refractivity contribution in [2.75, 3.05) is 40.9 Å². The van der Waals surface area contributed by atoms with Crippen LogP contribution in [0.4, 0.5) is 0 Å². The van der Waals surface area contributed by atoms with Gasteiger partial charge in [0.1, 0.15) is 13.2 Å². The number of unbranched alkanes of at least 4 members (excludes halogenated alkanes) is 32. The van der Waals surface area contributed by atoms with Gasteiger partial charge in [-0.05, 0) is 38.5 Å². The van der Waals surface area contributed by atoms with Crippen LogP contribution in [0.15, 0.2) is 12.2 Å². The maximum absolute atomic E-state index is 12.9. The Morgan fingerprint density at radius 1 is 0.559 bits per heavy atom. The van der Waals surface area contributed by atoms with Gasteiger partial charge in [-0.25, -0.2) is 4.57 Å². The molecule has 3 N–H and O–H groups in total. The van der Waals surface area contributed by atoms with E-state index in [1.165, 1.54) is 186 Å². The van der Waals surface area contributed by atoms with E-state index in [2.05, 4.69) is 31.3 Å². The first-order chi connectivity index (χ1) is 28.5. The number of quaternary nitrogens is 1. The van der Waals surface area contributed by atoms with Gasteiger partial charge in [-0.15, -0.1) is 0 Å². The molecule has 0 rings (SSSR count). The summed E-state index contributed by atoms with van der Waals surface area (Å²) in [6.45, 7) is 4.91. The molecule has 0 aliphatic rings. The zero-order valence-corrected chi connectivity index (χ0v) is 40.9. The van der Waals surface area contributed by atoms with Crippen LogP contribution in [0, 0.1) is 0 Å². The number of allylic oxidation sites excluding steroid dienone is 2. The molecular formula is C50H102N2O6P+. The molecule has 0 radical (unpaired) electrons. The lowest BCUT2D eigenvalue weighted by Gasteiger charge is -2.26. The summed E-state index contributed by atoms with van der Waals surface area (Å²) in [5.74, 6) is -0.142. The Kier molecular flexibility index (Phi) is 42.0. The molecular weight excluding hydrogens is 756 g/mol. The number of phosphoric ester groups is 1. The third-order valence-electron chi connectivity index (χ3n) is 11.8. The summed E-state index contributed by atoms with van der Waals surface area (Å²) in [6, 6.07) is -0.757. The molecule has 0 aromatic rings. The minimum absolute atomic E-state index is 0.0769. The smallest absolute Gasteiger partial charge is 0.391 e. The Morgan fingerprint density at radius 3 is 1.31 bits per heavy atom. The maximum atomic E-state index is 12.9. The van der Waals surface area contributed by atoms with Gasteiger partial charge in [-0.1, -0.05) is 219 Å². The second-order valence-electron chi connectivity index (χ2n) is 18.9. The number of phosphoric acid groups is 1. The maximum Gasteiger partial charge on any atom is 0.472 e. The number of hydrogen-bond acceptors (Lipinski definition) is 5. The van der Waals surface area contributed by atoms with Gasteiger partial charge in [0.05, 0.1) is 39.9 Å². The summed E-state index contributed by atoms with van der Waals surface area (Å²) in [4.78, 5) is 23.2. The lowest BCUT2D eigenvalue weighted by atomic mass is 10.0. The van der Waals surface area contributed by atoms with Crippen LogP contribution in [0.2, 0.25) is 0 Å². The first kappa shape index (κ1) is 58.2. The van der Waals surface area contributed by atoms with Crippen molar-refractivity contribution in [2.24, 2.45) is 0 Å². The predicted octanol–water partition coefficient (Wildman–Crippen LogP) is 14.7. The molecule has 352 valence electrons. The summed E-state index contributed by atoms with van der Waals surface area (Å²) in [7, 11) is 1.63. The molecule has 0 aliphatic carbocycles. The number of nitrogens with zero attached hydrogens (tertiary/aromatic N) is 1. The molecule has 3 atom stereocenters. The van der Waals surface area contributed by atoms with Crippen LogP contribution < -0.4 is 5.32 Å². The van der Waals surface area contributed by atoms with Crippen molar-refractivity contribution in [3.63, 3.8) is 0 Å². The molecule has 0 spiro atoms. The highest BCUT2D eigenvalue weighted by Gasteiger charge is 2.28.